The Morgan fingerprint density at radius 3 is 1.80 bits per heavy atom. The summed E-state index contributed by atoms with van der Waals surface area (Å²) in [5.41, 5.74) is -0.305. The maximum atomic E-state index is 12.0. The Balaban J connectivity index is 2.67. The highest BCUT2D eigenvalue weighted by molar-refractivity contribution is 6.13. The highest BCUT2D eigenvalue weighted by Gasteiger charge is 2.39. The van der Waals surface area contributed by atoms with E-state index >= 15 is 0 Å². The standard InChI is InChI=1S/C17H29NO2/c1-4-6-8-10-14-17(3,13-9-7-5-2)18-15(19)11-12-16(18)20/h11-12H,4-10,13-14H2,1-3H3. The molecule has 0 fully saturated rings. The van der Waals surface area contributed by atoms with Crippen molar-refractivity contribution in [1.82, 2.24) is 4.90 Å². The molecule has 1 rings (SSSR count). The molecule has 114 valence electrons. The molecule has 0 radical (unpaired) electrons. The van der Waals surface area contributed by atoms with Crippen molar-refractivity contribution in [2.45, 2.75) is 84.1 Å². The summed E-state index contributed by atoms with van der Waals surface area (Å²) in [5.74, 6) is -0.269. The first-order chi connectivity index (χ1) is 9.55. The SMILES string of the molecule is CCCCCCC(C)(CCCCC)N1C(=O)C=CC1=O. The first-order valence-corrected chi connectivity index (χ1v) is 8.11. The predicted molar refractivity (Wildman–Crippen MR) is 82.3 cm³/mol. The third-order valence-electron chi connectivity index (χ3n) is 4.24. The molecule has 0 aromatic heterocycles. The normalized spacial score (nSPS) is 17.9. The van der Waals surface area contributed by atoms with Crippen LogP contribution in [0.2, 0.25) is 0 Å². The molecule has 2 amide bonds. The summed E-state index contributed by atoms with van der Waals surface area (Å²) in [7, 11) is 0. The maximum absolute atomic E-state index is 12.0. The Morgan fingerprint density at radius 2 is 1.30 bits per heavy atom. The van der Waals surface area contributed by atoms with Gasteiger partial charge in [0.1, 0.15) is 0 Å². The van der Waals surface area contributed by atoms with Crippen LogP contribution in [0.3, 0.4) is 0 Å². The van der Waals surface area contributed by atoms with Gasteiger partial charge in [0.2, 0.25) is 0 Å². The summed E-state index contributed by atoms with van der Waals surface area (Å²) >= 11 is 0. The van der Waals surface area contributed by atoms with E-state index in [1.54, 1.807) is 0 Å². The highest BCUT2D eigenvalue weighted by Crippen LogP contribution is 2.31. The van der Waals surface area contributed by atoms with E-state index in [0.717, 1.165) is 38.5 Å². The van der Waals surface area contributed by atoms with Crippen molar-refractivity contribution < 1.29 is 9.59 Å². The van der Waals surface area contributed by atoms with Gasteiger partial charge in [-0.1, -0.05) is 58.8 Å². The fraction of sp³-hybridized carbons (Fsp3) is 0.765. The Morgan fingerprint density at radius 1 is 0.850 bits per heavy atom. The van der Waals surface area contributed by atoms with Crippen LogP contribution in [0.5, 0.6) is 0 Å². The largest absolute Gasteiger partial charge is 0.269 e. The molecule has 0 saturated heterocycles. The number of imide groups is 1. The quantitative estimate of drug-likeness (QED) is 0.443. The van der Waals surface area contributed by atoms with E-state index < -0.39 is 0 Å². The van der Waals surface area contributed by atoms with Crippen LogP contribution in [-0.2, 0) is 9.59 Å². The molecule has 0 aliphatic carbocycles. The van der Waals surface area contributed by atoms with Crippen molar-refractivity contribution in [3.8, 4) is 0 Å². The average molecular weight is 279 g/mol. The Labute approximate surface area is 123 Å². The van der Waals surface area contributed by atoms with Crippen molar-refractivity contribution in [2.75, 3.05) is 0 Å². The second-order valence-corrected chi connectivity index (χ2v) is 6.11. The van der Waals surface area contributed by atoms with Gasteiger partial charge >= 0.3 is 0 Å². The second kappa shape index (κ2) is 8.23. The topological polar surface area (TPSA) is 37.4 Å². The summed E-state index contributed by atoms with van der Waals surface area (Å²) in [5, 5.41) is 0. The van der Waals surface area contributed by atoms with Crippen LogP contribution in [0.4, 0.5) is 0 Å². The minimum Gasteiger partial charge on any atom is -0.269 e. The minimum atomic E-state index is -0.305. The van der Waals surface area contributed by atoms with Crippen LogP contribution < -0.4 is 0 Å². The molecule has 1 aliphatic rings. The summed E-state index contributed by atoms with van der Waals surface area (Å²) in [6.07, 6.45) is 12.8. The van der Waals surface area contributed by atoms with Crippen molar-refractivity contribution in [1.29, 1.82) is 0 Å². The first-order valence-electron chi connectivity index (χ1n) is 8.11. The van der Waals surface area contributed by atoms with E-state index in [2.05, 4.69) is 20.8 Å². The highest BCUT2D eigenvalue weighted by atomic mass is 16.2. The van der Waals surface area contributed by atoms with Crippen LogP contribution in [0, 0.1) is 0 Å². The van der Waals surface area contributed by atoms with Gasteiger partial charge in [0.25, 0.3) is 11.8 Å². The van der Waals surface area contributed by atoms with E-state index in [-0.39, 0.29) is 17.4 Å². The molecular weight excluding hydrogens is 250 g/mol. The molecule has 0 saturated carbocycles. The lowest BCUT2D eigenvalue weighted by Gasteiger charge is -2.38. The van der Waals surface area contributed by atoms with E-state index in [9.17, 15) is 9.59 Å². The summed E-state index contributed by atoms with van der Waals surface area (Å²) in [6, 6.07) is 0. The molecule has 1 aliphatic heterocycles. The average Bonchev–Trinajstić information content (AvgIpc) is 2.75. The zero-order chi connectivity index (χ0) is 15.0. The van der Waals surface area contributed by atoms with Crippen molar-refractivity contribution in [3.05, 3.63) is 12.2 Å². The van der Waals surface area contributed by atoms with E-state index in [1.807, 2.05) is 0 Å². The zero-order valence-electron chi connectivity index (χ0n) is 13.3. The van der Waals surface area contributed by atoms with Crippen molar-refractivity contribution in [3.63, 3.8) is 0 Å². The predicted octanol–water partition coefficient (Wildman–Crippen LogP) is 4.22. The first kappa shape index (κ1) is 16.9. The van der Waals surface area contributed by atoms with Crippen molar-refractivity contribution >= 4 is 11.8 Å². The number of carbonyl (C=O) groups is 2. The molecule has 20 heavy (non-hydrogen) atoms. The van der Waals surface area contributed by atoms with Crippen LogP contribution >= 0.6 is 0 Å². The molecule has 0 bridgehead atoms. The number of hydrogen-bond donors (Lipinski definition) is 0. The molecule has 3 nitrogen and oxygen atoms in total. The Bertz CT molecular complexity index is 344. The summed E-state index contributed by atoms with van der Waals surface area (Å²) in [6.45, 7) is 6.45. The van der Waals surface area contributed by atoms with Gasteiger partial charge in [-0.3, -0.25) is 14.5 Å². The number of unbranched alkanes of at least 4 members (excludes halogenated alkanes) is 5. The molecule has 1 unspecified atom stereocenters. The van der Waals surface area contributed by atoms with E-state index in [0.29, 0.717) is 0 Å². The fourth-order valence-electron chi connectivity index (χ4n) is 2.97. The zero-order valence-corrected chi connectivity index (χ0v) is 13.3. The number of rotatable bonds is 10. The molecule has 1 heterocycles. The molecule has 0 N–H and O–H groups in total. The van der Waals surface area contributed by atoms with E-state index in [1.165, 1.54) is 36.3 Å². The Hall–Kier alpha value is -1.12. The molecule has 0 aromatic carbocycles. The smallest absolute Gasteiger partial charge is 0.254 e. The summed E-state index contributed by atoms with van der Waals surface area (Å²) in [4.78, 5) is 25.4. The van der Waals surface area contributed by atoms with Crippen LogP contribution in [0.1, 0.15) is 78.6 Å². The monoisotopic (exact) mass is 279 g/mol. The third kappa shape index (κ3) is 4.46. The number of amides is 2. The minimum absolute atomic E-state index is 0.135. The van der Waals surface area contributed by atoms with Gasteiger partial charge in [0.05, 0.1) is 0 Å². The van der Waals surface area contributed by atoms with Crippen LogP contribution in [0.15, 0.2) is 12.2 Å². The lowest BCUT2D eigenvalue weighted by molar-refractivity contribution is -0.144. The lowest BCUT2D eigenvalue weighted by Crippen LogP contribution is -2.49. The second-order valence-electron chi connectivity index (χ2n) is 6.11. The third-order valence-corrected chi connectivity index (χ3v) is 4.24. The molecule has 1 atom stereocenters. The molecule has 0 spiro atoms. The van der Waals surface area contributed by atoms with Crippen LogP contribution in [-0.4, -0.2) is 22.3 Å². The van der Waals surface area contributed by atoms with Gasteiger partial charge in [-0.05, 0) is 19.8 Å². The van der Waals surface area contributed by atoms with Crippen molar-refractivity contribution in [2.24, 2.45) is 0 Å². The molecule has 0 aromatic rings. The van der Waals surface area contributed by atoms with Crippen LogP contribution in [0.25, 0.3) is 0 Å². The fourth-order valence-corrected chi connectivity index (χ4v) is 2.97. The van der Waals surface area contributed by atoms with Gasteiger partial charge in [0, 0.05) is 17.7 Å². The maximum Gasteiger partial charge on any atom is 0.254 e. The van der Waals surface area contributed by atoms with Gasteiger partial charge in [-0.15, -0.1) is 0 Å². The number of nitrogens with zero attached hydrogens (tertiary/aromatic N) is 1. The number of carbonyl (C=O) groups excluding carboxylic acids is 2. The van der Waals surface area contributed by atoms with Gasteiger partial charge < -0.3 is 0 Å². The number of hydrogen-bond acceptors (Lipinski definition) is 2. The van der Waals surface area contributed by atoms with Gasteiger partial charge in [-0.2, -0.15) is 0 Å². The molecular formula is C17H29NO2. The van der Waals surface area contributed by atoms with Gasteiger partial charge in [0.15, 0.2) is 0 Å². The van der Waals surface area contributed by atoms with Gasteiger partial charge in [-0.25, -0.2) is 0 Å². The summed E-state index contributed by atoms with van der Waals surface area (Å²) < 4.78 is 0. The lowest BCUT2D eigenvalue weighted by atomic mass is 9.86. The van der Waals surface area contributed by atoms with E-state index in [4.69, 9.17) is 0 Å². The molecule has 3 heteroatoms. The Kier molecular flexibility index (Phi) is 6.97.